The molecule has 0 radical (unpaired) electrons. The first-order valence-electron chi connectivity index (χ1n) is 11.8. The maximum atomic E-state index is 12.6. The summed E-state index contributed by atoms with van der Waals surface area (Å²) in [4.78, 5) is 52.5. The van der Waals surface area contributed by atoms with Crippen molar-refractivity contribution in [3.05, 3.63) is 29.8 Å². The van der Waals surface area contributed by atoms with Crippen molar-refractivity contribution >= 4 is 35.4 Å². The Morgan fingerprint density at radius 2 is 1.89 bits per heavy atom. The summed E-state index contributed by atoms with van der Waals surface area (Å²) in [7, 11) is 0. The van der Waals surface area contributed by atoms with Crippen LogP contribution in [0.25, 0.3) is 0 Å². The maximum Gasteiger partial charge on any atom is 0.407 e. The number of esters is 1. The average Bonchev–Trinajstić information content (AvgIpc) is 2.87. The second-order valence-corrected chi connectivity index (χ2v) is 8.01. The van der Waals surface area contributed by atoms with Crippen LogP contribution in [-0.4, -0.2) is 91.8 Å². The van der Waals surface area contributed by atoms with Crippen LogP contribution in [0.4, 0.5) is 10.5 Å². The predicted octanol–water partition coefficient (Wildman–Crippen LogP) is 0.00390. The molecule has 198 valence electrons. The second kappa shape index (κ2) is 14.4. The summed E-state index contributed by atoms with van der Waals surface area (Å²) in [5.41, 5.74) is 6.90. The van der Waals surface area contributed by atoms with Crippen molar-refractivity contribution in [2.24, 2.45) is 10.9 Å². The van der Waals surface area contributed by atoms with E-state index in [4.69, 9.17) is 20.4 Å². The third-order valence-corrected chi connectivity index (χ3v) is 5.39. The Kier molecular flexibility index (Phi) is 11.3. The number of benzene rings is 1. The Bertz CT molecular complexity index is 937. The molecule has 13 nitrogen and oxygen atoms in total. The summed E-state index contributed by atoms with van der Waals surface area (Å²) < 4.78 is 9.96. The van der Waals surface area contributed by atoms with Gasteiger partial charge >= 0.3 is 12.1 Å². The molecule has 5 N–H and O–H groups in total. The van der Waals surface area contributed by atoms with Crippen molar-refractivity contribution in [3.63, 3.8) is 0 Å². The molecule has 0 saturated carbocycles. The number of rotatable bonds is 12. The molecule has 2 rings (SSSR count). The third kappa shape index (κ3) is 8.64. The van der Waals surface area contributed by atoms with E-state index in [9.17, 15) is 19.2 Å². The van der Waals surface area contributed by atoms with Crippen LogP contribution in [0.5, 0.6) is 0 Å². The lowest BCUT2D eigenvalue weighted by molar-refractivity contribution is -0.145. The molecule has 0 bridgehead atoms. The molecule has 0 aromatic heterocycles. The van der Waals surface area contributed by atoms with Crippen LogP contribution in [-0.2, 0) is 23.9 Å². The fraction of sp³-hybridized carbons (Fsp3) is 0.522. The zero-order chi connectivity index (χ0) is 26.5. The lowest BCUT2D eigenvalue weighted by atomic mass is 10.1. The molecule has 1 saturated heterocycles. The molecule has 36 heavy (non-hydrogen) atoms. The smallest absolute Gasteiger partial charge is 0.407 e. The molecule has 1 fully saturated rings. The zero-order valence-electron chi connectivity index (χ0n) is 20.6. The van der Waals surface area contributed by atoms with Gasteiger partial charge in [-0.05, 0) is 37.6 Å². The minimum absolute atomic E-state index is 0.0118. The van der Waals surface area contributed by atoms with Crippen molar-refractivity contribution in [1.82, 2.24) is 15.5 Å². The number of hydrogen-bond donors (Lipinski definition) is 4. The van der Waals surface area contributed by atoms with Crippen LogP contribution in [0.15, 0.2) is 29.4 Å². The maximum absolute atomic E-state index is 12.6. The molecule has 0 spiro atoms. The number of ether oxygens (including phenoxy) is 2. The highest BCUT2D eigenvalue weighted by Crippen LogP contribution is 2.18. The monoisotopic (exact) mass is 506 g/mol. The number of amides is 3. The van der Waals surface area contributed by atoms with Gasteiger partial charge in [-0.3, -0.25) is 9.59 Å². The number of anilines is 1. The minimum atomic E-state index is -1.12. The van der Waals surface area contributed by atoms with Crippen LogP contribution >= 0.6 is 0 Å². The Morgan fingerprint density at radius 3 is 2.50 bits per heavy atom. The number of carbonyl (C=O) groups is 4. The van der Waals surface area contributed by atoms with E-state index < -0.39 is 24.0 Å². The Morgan fingerprint density at radius 1 is 1.17 bits per heavy atom. The van der Waals surface area contributed by atoms with Crippen LogP contribution < -0.4 is 21.3 Å². The van der Waals surface area contributed by atoms with Crippen molar-refractivity contribution in [2.75, 3.05) is 50.8 Å². The molecule has 1 heterocycles. The summed E-state index contributed by atoms with van der Waals surface area (Å²) in [5, 5.41) is 16.7. The second-order valence-electron chi connectivity index (χ2n) is 8.01. The molecule has 3 amide bonds. The lowest BCUT2D eigenvalue weighted by Crippen LogP contribution is -2.54. The highest BCUT2D eigenvalue weighted by molar-refractivity contribution is 5.97. The zero-order valence-corrected chi connectivity index (χ0v) is 20.6. The van der Waals surface area contributed by atoms with E-state index in [1.165, 1.54) is 4.90 Å². The van der Waals surface area contributed by atoms with Crippen molar-refractivity contribution in [3.8, 4) is 0 Å². The van der Waals surface area contributed by atoms with Crippen LogP contribution in [0.1, 0.15) is 32.3 Å². The van der Waals surface area contributed by atoms with Crippen LogP contribution in [0.2, 0.25) is 0 Å². The molecule has 0 aliphatic carbocycles. The van der Waals surface area contributed by atoms with Gasteiger partial charge in [0.1, 0.15) is 6.04 Å². The van der Waals surface area contributed by atoms with Crippen molar-refractivity contribution < 1.29 is 33.9 Å². The molecule has 1 aliphatic rings. The summed E-state index contributed by atoms with van der Waals surface area (Å²) in [6.07, 6.45) is 0.758. The van der Waals surface area contributed by atoms with Gasteiger partial charge in [0.15, 0.2) is 5.84 Å². The fourth-order valence-corrected chi connectivity index (χ4v) is 3.37. The number of nitrogens with zero attached hydrogens (tertiary/aromatic N) is 3. The fourth-order valence-electron chi connectivity index (χ4n) is 3.37. The minimum Gasteiger partial charge on any atom is -0.464 e. The SMILES string of the molecule is CCCCOC(=O)N[C@@H](CNC(=O)CN1CCN(c2ccc(C(N)=NO)cc2)CC1=O)C(=O)OCC. The summed E-state index contributed by atoms with van der Waals surface area (Å²) in [5.74, 6) is -1.43. The number of piperazine rings is 1. The van der Waals surface area contributed by atoms with Crippen molar-refractivity contribution in [2.45, 2.75) is 32.7 Å². The predicted molar refractivity (Wildman–Crippen MR) is 131 cm³/mol. The lowest BCUT2D eigenvalue weighted by Gasteiger charge is -2.35. The molecular weight excluding hydrogens is 472 g/mol. The Labute approximate surface area is 209 Å². The van der Waals surface area contributed by atoms with Gasteiger partial charge in [0, 0.05) is 30.9 Å². The quantitative estimate of drug-likeness (QED) is 0.0759. The summed E-state index contributed by atoms with van der Waals surface area (Å²) in [6, 6.07) is 5.77. The number of nitrogens with one attached hydrogen (secondary N) is 2. The van der Waals surface area contributed by atoms with Gasteiger partial charge in [-0.2, -0.15) is 0 Å². The van der Waals surface area contributed by atoms with Gasteiger partial charge < -0.3 is 40.8 Å². The molecule has 1 aromatic rings. The average molecular weight is 507 g/mol. The molecule has 0 unspecified atom stereocenters. The number of amidine groups is 1. The van der Waals surface area contributed by atoms with E-state index in [2.05, 4.69) is 15.8 Å². The molecule has 1 aliphatic heterocycles. The van der Waals surface area contributed by atoms with Gasteiger partial charge in [0.2, 0.25) is 11.8 Å². The Hall–Kier alpha value is -4.03. The highest BCUT2D eigenvalue weighted by atomic mass is 16.6. The van der Waals surface area contributed by atoms with Gasteiger partial charge in [0.25, 0.3) is 0 Å². The number of carbonyl (C=O) groups excluding carboxylic acids is 4. The van der Waals surface area contributed by atoms with Gasteiger partial charge in [-0.15, -0.1) is 0 Å². The standard InChI is InChI=1S/C23H34N6O7/c1-3-5-12-36-23(33)26-18(22(32)35-4-2)13-25-19(30)14-29-11-10-28(15-20(29)31)17-8-6-16(7-9-17)21(24)27-34/h6-9,18,34H,3-5,10-15H2,1-2H3,(H2,24,27)(H,25,30)(H,26,33)/t18-/m0/s1. The van der Waals surface area contributed by atoms with E-state index in [1.54, 1.807) is 31.2 Å². The van der Waals surface area contributed by atoms with Gasteiger partial charge in [0.05, 0.1) is 26.3 Å². The van der Waals surface area contributed by atoms with Crippen LogP contribution in [0, 0.1) is 0 Å². The first-order valence-corrected chi connectivity index (χ1v) is 11.8. The van der Waals surface area contributed by atoms with E-state index in [1.807, 2.05) is 11.8 Å². The third-order valence-electron chi connectivity index (χ3n) is 5.39. The first-order chi connectivity index (χ1) is 17.3. The molecular formula is C23H34N6O7. The van der Waals surface area contributed by atoms with E-state index in [0.29, 0.717) is 25.1 Å². The van der Waals surface area contributed by atoms with Gasteiger partial charge in [-0.25, -0.2) is 9.59 Å². The molecule has 1 atom stereocenters. The normalized spacial score (nSPS) is 14.7. The first kappa shape index (κ1) is 28.2. The van der Waals surface area contributed by atoms with Gasteiger partial charge in [-0.1, -0.05) is 18.5 Å². The van der Waals surface area contributed by atoms with E-state index in [-0.39, 0.29) is 44.6 Å². The topological polar surface area (TPSA) is 176 Å². The summed E-state index contributed by atoms with van der Waals surface area (Å²) in [6.45, 7) is 4.40. The number of alkyl carbamates (subject to hydrolysis) is 1. The number of nitrogens with two attached hydrogens (primary N) is 1. The molecule has 1 aromatic carbocycles. The van der Waals surface area contributed by atoms with Crippen molar-refractivity contribution in [1.29, 1.82) is 0 Å². The Balaban J connectivity index is 1.86. The number of oxime groups is 1. The molecule has 13 heteroatoms. The number of unbranched alkanes of at least 4 members (excludes halogenated alkanes) is 1. The van der Waals surface area contributed by atoms with E-state index >= 15 is 0 Å². The highest BCUT2D eigenvalue weighted by Gasteiger charge is 2.27. The largest absolute Gasteiger partial charge is 0.464 e. The van der Waals surface area contributed by atoms with E-state index in [0.717, 1.165) is 12.1 Å². The summed E-state index contributed by atoms with van der Waals surface area (Å²) >= 11 is 0. The number of hydrogen-bond acceptors (Lipinski definition) is 9. The van der Waals surface area contributed by atoms with Crippen LogP contribution in [0.3, 0.4) is 0 Å².